The molecule has 2 aromatic rings. The fraction of sp³-hybridized carbons (Fsp3) is 0.250. The molecule has 100 valence electrons. The van der Waals surface area contributed by atoms with Gasteiger partial charge in [0, 0.05) is 11.3 Å². The number of benzene rings is 2. The van der Waals surface area contributed by atoms with Crippen LogP contribution in [0.3, 0.4) is 0 Å². The second-order valence-corrected chi connectivity index (χ2v) is 4.69. The van der Waals surface area contributed by atoms with Crippen LogP contribution in [0.2, 0.25) is 0 Å². The number of aryl methyl sites for hydroxylation is 1. The van der Waals surface area contributed by atoms with Gasteiger partial charge in [0.2, 0.25) is 0 Å². The summed E-state index contributed by atoms with van der Waals surface area (Å²) in [5.74, 6) is 0.853. The molecule has 0 bridgehead atoms. The molecule has 0 saturated heterocycles. The number of hydrogen-bond donors (Lipinski definition) is 2. The number of aliphatic hydroxyl groups is 1. The van der Waals surface area contributed by atoms with Crippen LogP contribution in [0.1, 0.15) is 22.3 Å². The van der Waals surface area contributed by atoms with E-state index in [1.165, 1.54) is 0 Å². The highest BCUT2D eigenvalue weighted by molar-refractivity contribution is 5.56. The molecule has 0 aliphatic rings. The molecule has 0 heterocycles. The van der Waals surface area contributed by atoms with Crippen molar-refractivity contribution in [1.82, 2.24) is 0 Å². The Morgan fingerprint density at radius 1 is 1.00 bits per heavy atom. The molecule has 19 heavy (non-hydrogen) atoms. The van der Waals surface area contributed by atoms with Gasteiger partial charge >= 0.3 is 0 Å². The molecule has 0 aliphatic carbocycles. The van der Waals surface area contributed by atoms with Gasteiger partial charge in [-0.25, -0.2) is 0 Å². The average Bonchev–Trinajstić information content (AvgIpc) is 2.44. The number of ether oxygens (including phenoxy) is 1. The lowest BCUT2D eigenvalue weighted by Crippen LogP contribution is -2.01. The first-order valence-electron chi connectivity index (χ1n) is 6.29. The topological polar surface area (TPSA) is 55.5 Å². The number of nitrogen functional groups attached to an aromatic ring is 1. The van der Waals surface area contributed by atoms with E-state index in [1.54, 1.807) is 0 Å². The second-order valence-electron chi connectivity index (χ2n) is 4.69. The summed E-state index contributed by atoms with van der Waals surface area (Å²) in [5.41, 5.74) is 10.7. The summed E-state index contributed by atoms with van der Waals surface area (Å²) in [6.45, 7) is 4.54. The zero-order valence-corrected chi connectivity index (χ0v) is 11.3. The van der Waals surface area contributed by atoms with Crippen molar-refractivity contribution in [3.05, 3.63) is 58.7 Å². The summed E-state index contributed by atoms with van der Waals surface area (Å²) < 4.78 is 5.87. The van der Waals surface area contributed by atoms with Crippen molar-refractivity contribution in [2.75, 3.05) is 5.73 Å². The van der Waals surface area contributed by atoms with Crippen LogP contribution in [0.5, 0.6) is 5.75 Å². The van der Waals surface area contributed by atoms with E-state index in [0.717, 1.165) is 33.7 Å². The molecule has 2 rings (SSSR count). The Morgan fingerprint density at radius 2 is 1.63 bits per heavy atom. The molecule has 3 heteroatoms. The van der Waals surface area contributed by atoms with Crippen LogP contribution in [0.4, 0.5) is 5.69 Å². The van der Waals surface area contributed by atoms with Crippen LogP contribution in [-0.2, 0) is 13.2 Å². The minimum atomic E-state index is 0.0641. The van der Waals surface area contributed by atoms with Crippen molar-refractivity contribution in [2.45, 2.75) is 27.1 Å². The number of nitrogens with two attached hydrogens (primary N) is 1. The molecule has 0 unspecified atom stereocenters. The highest BCUT2D eigenvalue weighted by Gasteiger charge is 2.07. The first-order valence-corrected chi connectivity index (χ1v) is 6.29. The van der Waals surface area contributed by atoms with E-state index >= 15 is 0 Å². The van der Waals surface area contributed by atoms with E-state index < -0.39 is 0 Å². The molecule has 0 radical (unpaired) electrons. The summed E-state index contributed by atoms with van der Waals surface area (Å²) in [6, 6.07) is 11.6. The van der Waals surface area contributed by atoms with Gasteiger partial charge in [-0.2, -0.15) is 0 Å². The maximum atomic E-state index is 8.99. The monoisotopic (exact) mass is 257 g/mol. The number of anilines is 1. The van der Waals surface area contributed by atoms with E-state index in [9.17, 15) is 0 Å². The molecule has 3 nitrogen and oxygen atoms in total. The molecule has 2 aromatic carbocycles. The van der Waals surface area contributed by atoms with E-state index in [1.807, 2.05) is 50.2 Å². The van der Waals surface area contributed by atoms with Gasteiger partial charge in [0.15, 0.2) is 0 Å². The molecule has 0 saturated carbocycles. The average molecular weight is 257 g/mol. The largest absolute Gasteiger partial charge is 0.488 e. The van der Waals surface area contributed by atoms with Gasteiger partial charge in [0.25, 0.3) is 0 Å². The van der Waals surface area contributed by atoms with Crippen LogP contribution in [0.25, 0.3) is 0 Å². The molecule has 0 aromatic heterocycles. The van der Waals surface area contributed by atoms with Gasteiger partial charge in [-0.1, -0.05) is 30.3 Å². The van der Waals surface area contributed by atoms with Crippen LogP contribution in [0, 0.1) is 13.8 Å². The van der Waals surface area contributed by atoms with Crippen molar-refractivity contribution < 1.29 is 9.84 Å². The van der Waals surface area contributed by atoms with Gasteiger partial charge < -0.3 is 15.6 Å². The number of hydrogen-bond acceptors (Lipinski definition) is 3. The smallest absolute Gasteiger partial charge is 0.127 e. The Bertz CT molecular complexity index is 562. The highest BCUT2D eigenvalue weighted by atomic mass is 16.5. The standard InChI is InChI=1S/C16H19NO2/c1-11-3-8-15(17)12(2)16(11)19-10-14-6-4-13(9-18)5-7-14/h3-8,18H,9-10,17H2,1-2H3. The lowest BCUT2D eigenvalue weighted by molar-refractivity contribution is 0.281. The Morgan fingerprint density at radius 3 is 2.26 bits per heavy atom. The number of aliphatic hydroxyl groups excluding tert-OH is 1. The Hall–Kier alpha value is -2.00. The SMILES string of the molecule is Cc1ccc(N)c(C)c1OCc1ccc(CO)cc1. The van der Waals surface area contributed by atoms with Gasteiger partial charge in [0.05, 0.1) is 6.61 Å². The Labute approximate surface area is 113 Å². The van der Waals surface area contributed by atoms with E-state index in [2.05, 4.69) is 0 Å². The first-order chi connectivity index (χ1) is 9.11. The third kappa shape index (κ3) is 3.06. The van der Waals surface area contributed by atoms with Crippen molar-refractivity contribution in [3.63, 3.8) is 0 Å². The molecule has 0 amide bonds. The molecule has 0 fully saturated rings. The minimum Gasteiger partial charge on any atom is -0.488 e. The van der Waals surface area contributed by atoms with E-state index in [-0.39, 0.29) is 6.61 Å². The predicted molar refractivity (Wildman–Crippen MR) is 77.0 cm³/mol. The van der Waals surface area contributed by atoms with Gasteiger partial charge in [-0.05, 0) is 36.6 Å². The lowest BCUT2D eigenvalue weighted by Gasteiger charge is -2.14. The van der Waals surface area contributed by atoms with E-state index in [0.29, 0.717) is 6.61 Å². The van der Waals surface area contributed by atoms with E-state index in [4.69, 9.17) is 15.6 Å². The normalized spacial score (nSPS) is 10.5. The van der Waals surface area contributed by atoms with Crippen LogP contribution >= 0.6 is 0 Å². The lowest BCUT2D eigenvalue weighted by atomic mass is 10.1. The summed E-state index contributed by atoms with van der Waals surface area (Å²) >= 11 is 0. The first kappa shape index (κ1) is 13.4. The molecule has 0 aliphatic heterocycles. The molecule has 0 atom stereocenters. The van der Waals surface area contributed by atoms with Crippen molar-refractivity contribution in [3.8, 4) is 5.75 Å². The second kappa shape index (κ2) is 5.76. The summed E-state index contributed by atoms with van der Waals surface area (Å²) in [7, 11) is 0. The van der Waals surface area contributed by atoms with Gasteiger partial charge in [-0.3, -0.25) is 0 Å². The van der Waals surface area contributed by atoms with Crippen LogP contribution in [0.15, 0.2) is 36.4 Å². The van der Waals surface area contributed by atoms with Crippen LogP contribution in [-0.4, -0.2) is 5.11 Å². The third-order valence-electron chi connectivity index (χ3n) is 3.23. The van der Waals surface area contributed by atoms with Crippen molar-refractivity contribution >= 4 is 5.69 Å². The quantitative estimate of drug-likeness (QED) is 0.828. The molecular formula is C16H19NO2. The summed E-state index contributed by atoms with van der Waals surface area (Å²) in [5, 5.41) is 8.99. The predicted octanol–water partition coefficient (Wildman–Crippen LogP) is 2.96. The van der Waals surface area contributed by atoms with Gasteiger partial charge in [0.1, 0.15) is 12.4 Å². The van der Waals surface area contributed by atoms with Crippen molar-refractivity contribution in [2.24, 2.45) is 0 Å². The molecular weight excluding hydrogens is 238 g/mol. The van der Waals surface area contributed by atoms with Gasteiger partial charge in [-0.15, -0.1) is 0 Å². The van der Waals surface area contributed by atoms with Crippen molar-refractivity contribution in [1.29, 1.82) is 0 Å². The third-order valence-corrected chi connectivity index (χ3v) is 3.23. The Kier molecular flexibility index (Phi) is 4.07. The zero-order chi connectivity index (χ0) is 13.8. The van der Waals surface area contributed by atoms with Crippen LogP contribution < -0.4 is 10.5 Å². The molecule has 3 N–H and O–H groups in total. The summed E-state index contributed by atoms with van der Waals surface area (Å²) in [4.78, 5) is 0. The fourth-order valence-electron chi connectivity index (χ4n) is 1.96. The number of rotatable bonds is 4. The summed E-state index contributed by atoms with van der Waals surface area (Å²) in [6.07, 6.45) is 0. The maximum Gasteiger partial charge on any atom is 0.127 e. The maximum absolute atomic E-state index is 8.99. The fourth-order valence-corrected chi connectivity index (χ4v) is 1.96. The highest BCUT2D eigenvalue weighted by Crippen LogP contribution is 2.28. The zero-order valence-electron chi connectivity index (χ0n) is 11.3. The minimum absolute atomic E-state index is 0.0641. The molecule has 0 spiro atoms. The Balaban J connectivity index is 2.12.